The molecule has 0 amide bonds. The molecule has 0 aliphatic rings. The highest BCUT2D eigenvalue weighted by Crippen LogP contribution is 2.32. The van der Waals surface area contributed by atoms with Crippen LogP contribution in [0, 0.1) is 0 Å². The number of aromatic nitrogens is 1. The molecule has 0 bridgehead atoms. The summed E-state index contributed by atoms with van der Waals surface area (Å²) in [4.78, 5) is 5.73. The Kier molecular flexibility index (Phi) is 4.73. The number of rotatable bonds is 6. The monoisotopic (exact) mass is 262 g/mol. The van der Waals surface area contributed by atoms with Crippen LogP contribution in [0.4, 0.5) is 0 Å². The third-order valence-electron chi connectivity index (χ3n) is 2.62. The van der Waals surface area contributed by atoms with Crippen LogP contribution >= 0.6 is 11.3 Å². The average molecular weight is 262 g/mol. The molecule has 18 heavy (non-hydrogen) atoms. The van der Waals surface area contributed by atoms with Gasteiger partial charge in [-0.1, -0.05) is 19.1 Å². The highest BCUT2D eigenvalue weighted by Gasteiger charge is 2.09. The van der Waals surface area contributed by atoms with Crippen LogP contribution in [0.15, 0.2) is 30.5 Å². The van der Waals surface area contributed by atoms with Crippen LogP contribution in [0.3, 0.4) is 0 Å². The highest BCUT2D eigenvalue weighted by atomic mass is 32.1. The van der Waals surface area contributed by atoms with Gasteiger partial charge < -0.3 is 10.1 Å². The minimum absolute atomic E-state index is 0.875. The van der Waals surface area contributed by atoms with Crippen molar-refractivity contribution in [3.63, 3.8) is 0 Å². The Hall–Kier alpha value is -1.39. The Labute approximate surface area is 112 Å². The first-order chi connectivity index (χ1) is 8.85. The molecule has 0 aliphatic heterocycles. The molecule has 96 valence electrons. The van der Waals surface area contributed by atoms with Gasteiger partial charge >= 0.3 is 0 Å². The summed E-state index contributed by atoms with van der Waals surface area (Å²) >= 11 is 1.71. The maximum atomic E-state index is 5.36. The number of benzene rings is 1. The third kappa shape index (κ3) is 3.09. The van der Waals surface area contributed by atoms with E-state index in [-0.39, 0.29) is 0 Å². The van der Waals surface area contributed by atoms with Gasteiger partial charge in [-0.3, -0.25) is 0 Å². The molecule has 0 fully saturated rings. The first kappa shape index (κ1) is 13.1. The number of ether oxygens (including phenoxy) is 1. The lowest BCUT2D eigenvalue weighted by Gasteiger charge is -2.04. The number of nitrogens with one attached hydrogen (secondary N) is 1. The maximum absolute atomic E-state index is 5.36. The van der Waals surface area contributed by atoms with Crippen molar-refractivity contribution in [3.8, 4) is 16.3 Å². The fraction of sp³-hybridized carbons (Fsp3) is 0.357. The second-order valence-electron chi connectivity index (χ2n) is 4.01. The van der Waals surface area contributed by atoms with E-state index in [4.69, 9.17) is 4.74 Å². The Balaban J connectivity index is 2.13. The van der Waals surface area contributed by atoms with E-state index in [1.807, 2.05) is 30.5 Å². The Morgan fingerprint density at radius 1 is 1.33 bits per heavy atom. The van der Waals surface area contributed by atoms with Crippen molar-refractivity contribution in [2.45, 2.75) is 19.9 Å². The van der Waals surface area contributed by atoms with Crippen LogP contribution < -0.4 is 10.1 Å². The number of methoxy groups -OCH3 is 1. The molecule has 1 N–H and O–H groups in total. The van der Waals surface area contributed by atoms with Crippen molar-refractivity contribution < 1.29 is 4.74 Å². The van der Waals surface area contributed by atoms with Crippen molar-refractivity contribution in [1.29, 1.82) is 0 Å². The molecule has 1 aromatic carbocycles. The topological polar surface area (TPSA) is 34.2 Å². The standard InChI is InChI=1S/C14H18N2OS/c1-3-8-15-9-11-10-16-14(18-11)12-6-4-5-7-13(12)17-2/h4-7,10,15H,3,8-9H2,1-2H3. The van der Waals surface area contributed by atoms with Crippen LogP contribution in [0.25, 0.3) is 10.6 Å². The molecule has 0 radical (unpaired) electrons. The van der Waals surface area contributed by atoms with Crippen LogP contribution in [-0.2, 0) is 6.54 Å². The lowest BCUT2D eigenvalue weighted by Crippen LogP contribution is -2.12. The van der Waals surface area contributed by atoms with E-state index in [2.05, 4.69) is 17.2 Å². The normalized spacial score (nSPS) is 10.6. The number of thiazole rings is 1. The van der Waals surface area contributed by atoms with E-state index >= 15 is 0 Å². The van der Waals surface area contributed by atoms with Crippen LogP contribution in [0.5, 0.6) is 5.75 Å². The first-order valence-corrected chi connectivity index (χ1v) is 6.95. The largest absolute Gasteiger partial charge is 0.496 e. The molecule has 0 saturated carbocycles. The summed E-state index contributed by atoms with van der Waals surface area (Å²) < 4.78 is 5.36. The average Bonchev–Trinajstić information content (AvgIpc) is 2.88. The Morgan fingerprint density at radius 2 is 2.17 bits per heavy atom. The zero-order valence-corrected chi connectivity index (χ0v) is 11.6. The molecule has 0 atom stereocenters. The zero-order chi connectivity index (χ0) is 12.8. The SMILES string of the molecule is CCCNCc1cnc(-c2ccccc2OC)s1. The summed E-state index contributed by atoms with van der Waals surface area (Å²) in [5, 5.41) is 4.40. The van der Waals surface area contributed by atoms with Gasteiger partial charge in [-0.25, -0.2) is 4.98 Å². The van der Waals surface area contributed by atoms with Crippen LogP contribution in [-0.4, -0.2) is 18.6 Å². The lowest BCUT2D eigenvalue weighted by molar-refractivity contribution is 0.416. The second kappa shape index (κ2) is 6.52. The van der Waals surface area contributed by atoms with Gasteiger partial charge in [-0.05, 0) is 25.1 Å². The van der Waals surface area contributed by atoms with Gasteiger partial charge in [-0.2, -0.15) is 0 Å². The number of hydrogen-bond acceptors (Lipinski definition) is 4. The third-order valence-corrected chi connectivity index (χ3v) is 3.65. The van der Waals surface area contributed by atoms with Gasteiger partial charge in [0, 0.05) is 17.6 Å². The van der Waals surface area contributed by atoms with E-state index in [0.29, 0.717) is 0 Å². The molecule has 4 heteroatoms. The number of hydrogen-bond donors (Lipinski definition) is 1. The van der Waals surface area contributed by atoms with Crippen molar-refractivity contribution in [3.05, 3.63) is 35.3 Å². The molecule has 1 heterocycles. The molecule has 2 aromatic rings. The van der Waals surface area contributed by atoms with Crippen molar-refractivity contribution >= 4 is 11.3 Å². The fourth-order valence-corrected chi connectivity index (χ4v) is 2.64. The van der Waals surface area contributed by atoms with Gasteiger partial charge in [0.2, 0.25) is 0 Å². The molecular weight excluding hydrogens is 244 g/mol. The predicted molar refractivity (Wildman–Crippen MR) is 76.1 cm³/mol. The molecule has 3 nitrogen and oxygen atoms in total. The fourth-order valence-electron chi connectivity index (χ4n) is 1.72. The molecule has 0 saturated heterocycles. The summed E-state index contributed by atoms with van der Waals surface area (Å²) in [5.74, 6) is 0.875. The van der Waals surface area contributed by atoms with Gasteiger partial charge in [0.1, 0.15) is 10.8 Å². The summed E-state index contributed by atoms with van der Waals surface area (Å²) in [6, 6.07) is 7.99. The van der Waals surface area contributed by atoms with E-state index in [1.165, 1.54) is 4.88 Å². The predicted octanol–water partition coefficient (Wildman–Crippen LogP) is 3.32. The molecule has 0 unspecified atom stereocenters. The summed E-state index contributed by atoms with van der Waals surface area (Å²) in [5.41, 5.74) is 1.06. The van der Waals surface area contributed by atoms with E-state index in [1.54, 1.807) is 18.4 Å². The first-order valence-electron chi connectivity index (χ1n) is 6.14. The van der Waals surface area contributed by atoms with Gasteiger partial charge in [0.05, 0.1) is 12.7 Å². The molecule has 0 aliphatic carbocycles. The minimum atomic E-state index is 0.875. The molecule has 2 rings (SSSR count). The molecular formula is C14H18N2OS. The van der Waals surface area contributed by atoms with E-state index in [0.717, 1.165) is 35.8 Å². The second-order valence-corrected chi connectivity index (χ2v) is 5.12. The van der Waals surface area contributed by atoms with E-state index in [9.17, 15) is 0 Å². The quantitative estimate of drug-likeness (QED) is 0.811. The van der Waals surface area contributed by atoms with Crippen molar-refractivity contribution in [2.75, 3.05) is 13.7 Å². The Morgan fingerprint density at radius 3 is 2.94 bits per heavy atom. The number of nitrogens with zero attached hydrogens (tertiary/aromatic N) is 1. The highest BCUT2D eigenvalue weighted by molar-refractivity contribution is 7.15. The molecule has 1 aromatic heterocycles. The lowest BCUT2D eigenvalue weighted by atomic mass is 10.2. The van der Waals surface area contributed by atoms with E-state index < -0.39 is 0 Å². The zero-order valence-electron chi connectivity index (χ0n) is 10.8. The smallest absolute Gasteiger partial charge is 0.129 e. The molecule has 0 spiro atoms. The summed E-state index contributed by atoms with van der Waals surface area (Å²) in [6.07, 6.45) is 3.09. The minimum Gasteiger partial charge on any atom is -0.496 e. The number of para-hydroxylation sites is 1. The van der Waals surface area contributed by atoms with Gasteiger partial charge in [0.15, 0.2) is 0 Å². The summed E-state index contributed by atoms with van der Waals surface area (Å²) in [6.45, 7) is 4.10. The van der Waals surface area contributed by atoms with Gasteiger partial charge in [0.25, 0.3) is 0 Å². The maximum Gasteiger partial charge on any atom is 0.129 e. The van der Waals surface area contributed by atoms with Crippen LogP contribution in [0.2, 0.25) is 0 Å². The Bertz CT molecular complexity index is 496. The summed E-state index contributed by atoms with van der Waals surface area (Å²) in [7, 11) is 1.69. The van der Waals surface area contributed by atoms with Crippen LogP contribution in [0.1, 0.15) is 18.2 Å². The van der Waals surface area contributed by atoms with Gasteiger partial charge in [-0.15, -0.1) is 11.3 Å². The van der Waals surface area contributed by atoms with Crippen molar-refractivity contribution in [1.82, 2.24) is 10.3 Å². The van der Waals surface area contributed by atoms with Crippen molar-refractivity contribution in [2.24, 2.45) is 0 Å².